The maximum Gasteiger partial charge on any atom is 0.126 e. The summed E-state index contributed by atoms with van der Waals surface area (Å²) in [6.07, 6.45) is 5.30. The van der Waals surface area contributed by atoms with Crippen molar-refractivity contribution in [1.82, 2.24) is 9.97 Å². The molecule has 2 heterocycles. The maximum atomic E-state index is 5.51. The molecule has 2 rings (SSSR count). The lowest BCUT2D eigenvalue weighted by molar-refractivity contribution is 1.07. The molecule has 0 aliphatic heterocycles. The van der Waals surface area contributed by atoms with Crippen LogP contribution in [0, 0.1) is 6.92 Å². The standard InChI is InChI=1S/C13H14N4S/c1-9-6-15-5-4-10(9)7-16-12-3-2-11(8-17-12)13(14)18/h2-6,8H,7H2,1H3,(H2,14,18)(H,16,17). The zero-order chi connectivity index (χ0) is 13.0. The Hall–Kier alpha value is -2.01. The van der Waals surface area contributed by atoms with Gasteiger partial charge in [0.2, 0.25) is 0 Å². The maximum absolute atomic E-state index is 5.51. The summed E-state index contributed by atoms with van der Waals surface area (Å²) in [4.78, 5) is 8.67. The van der Waals surface area contributed by atoms with Crippen LogP contribution in [0.3, 0.4) is 0 Å². The fourth-order valence-corrected chi connectivity index (χ4v) is 1.65. The summed E-state index contributed by atoms with van der Waals surface area (Å²) in [5.74, 6) is 0.797. The van der Waals surface area contributed by atoms with E-state index in [1.54, 1.807) is 12.4 Å². The molecule has 4 nitrogen and oxygen atoms in total. The molecule has 0 saturated carbocycles. The quantitative estimate of drug-likeness (QED) is 0.822. The van der Waals surface area contributed by atoms with Gasteiger partial charge >= 0.3 is 0 Å². The van der Waals surface area contributed by atoms with Crippen molar-refractivity contribution >= 4 is 23.0 Å². The summed E-state index contributed by atoms with van der Waals surface area (Å²) in [5, 5.41) is 3.24. The number of hydrogen-bond donors (Lipinski definition) is 2. The van der Waals surface area contributed by atoms with E-state index < -0.39 is 0 Å². The normalized spacial score (nSPS) is 10.1. The van der Waals surface area contributed by atoms with E-state index in [9.17, 15) is 0 Å². The molecule has 2 aromatic rings. The van der Waals surface area contributed by atoms with Crippen molar-refractivity contribution in [3.8, 4) is 0 Å². The largest absolute Gasteiger partial charge is 0.389 e. The molecule has 0 unspecified atom stereocenters. The molecule has 0 bridgehead atoms. The zero-order valence-corrected chi connectivity index (χ0v) is 10.9. The van der Waals surface area contributed by atoms with Gasteiger partial charge in [0.1, 0.15) is 10.8 Å². The van der Waals surface area contributed by atoms with Gasteiger partial charge < -0.3 is 11.1 Å². The van der Waals surface area contributed by atoms with Gasteiger partial charge in [0.25, 0.3) is 0 Å². The van der Waals surface area contributed by atoms with Crippen molar-refractivity contribution in [2.75, 3.05) is 5.32 Å². The molecule has 0 aromatic carbocycles. The van der Waals surface area contributed by atoms with E-state index in [1.807, 2.05) is 31.3 Å². The SMILES string of the molecule is Cc1cnccc1CNc1ccc(C(N)=S)cn1. The monoisotopic (exact) mass is 258 g/mol. The van der Waals surface area contributed by atoms with Gasteiger partial charge in [0.05, 0.1) is 0 Å². The summed E-state index contributed by atoms with van der Waals surface area (Å²) in [6.45, 7) is 2.75. The first-order valence-electron chi connectivity index (χ1n) is 5.56. The van der Waals surface area contributed by atoms with E-state index in [0.29, 0.717) is 11.5 Å². The third-order valence-corrected chi connectivity index (χ3v) is 2.88. The third kappa shape index (κ3) is 3.01. The molecule has 0 fully saturated rings. The summed E-state index contributed by atoms with van der Waals surface area (Å²) < 4.78 is 0. The van der Waals surface area contributed by atoms with Crippen LogP contribution in [0.25, 0.3) is 0 Å². The smallest absolute Gasteiger partial charge is 0.126 e. The molecule has 0 radical (unpaired) electrons. The van der Waals surface area contributed by atoms with Crippen LogP contribution < -0.4 is 11.1 Å². The van der Waals surface area contributed by atoms with Gasteiger partial charge in [0, 0.05) is 30.7 Å². The van der Waals surface area contributed by atoms with Crippen LogP contribution in [0.1, 0.15) is 16.7 Å². The van der Waals surface area contributed by atoms with Crippen LogP contribution in [0.2, 0.25) is 0 Å². The minimum atomic E-state index is 0.360. The predicted molar refractivity (Wildman–Crippen MR) is 76.4 cm³/mol. The highest BCUT2D eigenvalue weighted by atomic mass is 32.1. The molecular weight excluding hydrogens is 244 g/mol. The van der Waals surface area contributed by atoms with Gasteiger partial charge in [-0.1, -0.05) is 12.2 Å². The Labute approximate surface area is 111 Å². The number of anilines is 1. The summed E-state index contributed by atoms with van der Waals surface area (Å²) in [7, 11) is 0. The molecule has 5 heteroatoms. The van der Waals surface area contributed by atoms with E-state index >= 15 is 0 Å². The summed E-state index contributed by atoms with van der Waals surface area (Å²) >= 11 is 4.87. The third-order valence-electron chi connectivity index (χ3n) is 2.64. The fraction of sp³-hybridized carbons (Fsp3) is 0.154. The van der Waals surface area contributed by atoms with Crippen molar-refractivity contribution in [3.05, 3.63) is 53.5 Å². The van der Waals surface area contributed by atoms with Crippen molar-refractivity contribution < 1.29 is 0 Å². The highest BCUT2D eigenvalue weighted by Crippen LogP contribution is 2.09. The van der Waals surface area contributed by atoms with Gasteiger partial charge in [-0.3, -0.25) is 4.98 Å². The molecular formula is C13H14N4S. The number of pyridine rings is 2. The average Bonchev–Trinajstić information content (AvgIpc) is 2.38. The van der Waals surface area contributed by atoms with Gasteiger partial charge in [-0.25, -0.2) is 4.98 Å². The van der Waals surface area contributed by atoms with Gasteiger partial charge in [-0.2, -0.15) is 0 Å². The molecule has 18 heavy (non-hydrogen) atoms. The van der Waals surface area contributed by atoms with Crippen molar-refractivity contribution in [3.63, 3.8) is 0 Å². The van der Waals surface area contributed by atoms with E-state index in [0.717, 1.165) is 16.9 Å². The molecule has 92 valence electrons. The first-order chi connectivity index (χ1) is 8.66. The highest BCUT2D eigenvalue weighted by molar-refractivity contribution is 7.80. The molecule has 0 atom stereocenters. The second-order valence-corrected chi connectivity index (χ2v) is 4.39. The Bertz CT molecular complexity index is 551. The lowest BCUT2D eigenvalue weighted by Crippen LogP contribution is -2.10. The van der Waals surface area contributed by atoms with Crippen LogP contribution in [-0.2, 0) is 6.54 Å². The van der Waals surface area contributed by atoms with Gasteiger partial charge in [-0.15, -0.1) is 0 Å². The summed E-state index contributed by atoms with van der Waals surface area (Å²) in [6, 6.07) is 5.72. The van der Waals surface area contributed by atoms with E-state index in [-0.39, 0.29) is 0 Å². The van der Waals surface area contributed by atoms with Crippen LogP contribution in [-0.4, -0.2) is 15.0 Å². The minimum Gasteiger partial charge on any atom is -0.389 e. The predicted octanol–water partition coefficient (Wildman–Crippen LogP) is 2.03. The second kappa shape index (κ2) is 5.55. The first-order valence-corrected chi connectivity index (χ1v) is 5.97. The molecule has 0 amide bonds. The number of nitrogens with one attached hydrogen (secondary N) is 1. The van der Waals surface area contributed by atoms with Crippen molar-refractivity contribution in [2.45, 2.75) is 13.5 Å². The molecule has 0 saturated heterocycles. The van der Waals surface area contributed by atoms with Crippen LogP contribution in [0.15, 0.2) is 36.8 Å². The van der Waals surface area contributed by atoms with Crippen molar-refractivity contribution in [1.29, 1.82) is 0 Å². The van der Waals surface area contributed by atoms with E-state index in [1.165, 1.54) is 5.56 Å². The number of aryl methyl sites for hydroxylation is 1. The minimum absolute atomic E-state index is 0.360. The molecule has 0 spiro atoms. The summed E-state index contributed by atoms with van der Waals surface area (Å²) in [5.41, 5.74) is 8.64. The number of nitrogens with zero attached hydrogens (tertiary/aromatic N) is 2. The van der Waals surface area contributed by atoms with Crippen LogP contribution >= 0.6 is 12.2 Å². The molecule has 2 aromatic heterocycles. The molecule has 0 aliphatic rings. The zero-order valence-electron chi connectivity index (χ0n) is 10.1. The average molecular weight is 258 g/mol. The van der Waals surface area contributed by atoms with Gasteiger partial charge in [0.15, 0.2) is 0 Å². The topological polar surface area (TPSA) is 63.8 Å². The highest BCUT2D eigenvalue weighted by Gasteiger charge is 2.00. The first kappa shape index (κ1) is 12.4. The Morgan fingerprint density at radius 2 is 2.17 bits per heavy atom. The van der Waals surface area contributed by atoms with Crippen LogP contribution in [0.4, 0.5) is 5.82 Å². The number of aromatic nitrogens is 2. The number of rotatable bonds is 4. The Morgan fingerprint density at radius 1 is 1.33 bits per heavy atom. The van der Waals surface area contributed by atoms with Crippen LogP contribution in [0.5, 0.6) is 0 Å². The number of nitrogens with two attached hydrogens (primary N) is 1. The second-order valence-electron chi connectivity index (χ2n) is 3.95. The van der Waals surface area contributed by atoms with E-state index in [4.69, 9.17) is 18.0 Å². The van der Waals surface area contributed by atoms with E-state index in [2.05, 4.69) is 15.3 Å². The Balaban J connectivity index is 2.02. The Kier molecular flexibility index (Phi) is 3.84. The number of hydrogen-bond acceptors (Lipinski definition) is 4. The Morgan fingerprint density at radius 3 is 2.78 bits per heavy atom. The van der Waals surface area contributed by atoms with Crippen molar-refractivity contribution in [2.24, 2.45) is 5.73 Å². The number of thiocarbonyl (C=S) groups is 1. The lowest BCUT2D eigenvalue weighted by atomic mass is 10.1. The molecule has 0 aliphatic carbocycles. The fourth-order valence-electron chi connectivity index (χ4n) is 1.53. The van der Waals surface area contributed by atoms with Gasteiger partial charge in [-0.05, 0) is 36.2 Å². The lowest BCUT2D eigenvalue weighted by Gasteiger charge is -2.08. The molecule has 3 N–H and O–H groups in total.